The molecule has 1 aliphatic rings. The van der Waals surface area contributed by atoms with Crippen LogP contribution in [0.2, 0.25) is 0 Å². The minimum Gasteiger partial charge on any atom is -0.345 e. The average Bonchev–Trinajstić information content (AvgIpc) is 3.29. The molecule has 38 heavy (non-hydrogen) atoms. The summed E-state index contributed by atoms with van der Waals surface area (Å²) in [6, 6.07) is 14.5. The van der Waals surface area contributed by atoms with Gasteiger partial charge in [-0.15, -0.1) is 0 Å². The second-order valence-electron chi connectivity index (χ2n) is 10.1. The van der Waals surface area contributed by atoms with Crippen LogP contribution in [0.1, 0.15) is 22.3 Å². The molecule has 1 N–H and O–H groups in total. The minimum absolute atomic E-state index is 0.341. The van der Waals surface area contributed by atoms with E-state index >= 15 is 0 Å². The lowest BCUT2D eigenvalue weighted by atomic mass is 10.1. The number of aromatic nitrogens is 4. The number of aryl methyl sites for hydroxylation is 4. The highest BCUT2D eigenvalue weighted by Gasteiger charge is 2.26. The molecule has 0 atom stereocenters. The molecule has 0 unspecified atom stereocenters. The Labute approximate surface area is 226 Å². The molecular weight excluding hydrogens is 498 g/mol. The Balaban J connectivity index is 1.43. The highest BCUT2D eigenvalue weighted by atomic mass is 32.1. The number of nitrogens with zero attached hydrogens (tertiary/aromatic N) is 6. The lowest BCUT2D eigenvalue weighted by molar-refractivity contribution is 0.386. The Kier molecular flexibility index (Phi) is 6.83. The fourth-order valence-electron chi connectivity index (χ4n) is 4.83. The first-order chi connectivity index (χ1) is 18.1. The van der Waals surface area contributed by atoms with Crippen molar-refractivity contribution in [3.05, 3.63) is 85.6 Å². The van der Waals surface area contributed by atoms with Crippen LogP contribution in [-0.4, -0.2) is 54.9 Å². The monoisotopic (exact) mass is 531 g/mol. The number of anilines is 2. The normalized spacial score (nSPS) is 13.8. The van der Waals surface area contributed by atoms with Crippen LogP contribution < -0.4 is 21.5 Å². The van der Waals surface area contributed by atoms with Crippen molar-refractivity contribution < 1.29 is 0 Å². The molecule has 0 aliphatic carbocycles. The second-order valence-corrected chi connectivity index (χ2v) is 10.5. The van der Waals surface area contributed by atoms with Gasteiger partial charge in [-0.3, -0.25) is 18.5 Å². The molecule has 0 amide bonds. The first-order valence-corrected chi connectivity index (χ1v) is 13.1. The van der Waals surface area contributed by atoms with E-state index in [1.165, 1.54) is 28.3 Å². The summed E-state index contributed by atoms with van der Waals surface area (Å²) in [5.41, 5.74) is 5.78. The van der Waals surface area contributed by atoms with Gasteiger partial charge in [-0.25, -0.2) is 4.79 Å². The van der Waals surface area contributed by atoms with E-state index in [0.29, 0.717) is 54.9 Å². The van der Waals surface area contributed by atoms with Crippen LogP contribution in [0.15, 0.2) is 52.1 Å². The van der Waals surface area contributed by atoms with E-state index < -0.39 is 0 Å². The van der Waals surface area contributed by atoms with Crippen molar-refractivity contribution in [2.45, 2.75) is 27.3 Å². The summed E-state index contributed by atoms with van der Waals surface area (Å²) in [5, 5.41) is 4.06. The van der Waals surface area contributed by atoms with Crippen molar-refractivity contribution in [1.82, 2.24) is 23.6 Å². The fourth-order valence-corrected chi connectivity index (χ4v) is 5.13. The summed E-state index contributed by atoms with van der Waals surface area (Å²) in [6.07, 6.45) is 0. The van der Waals surface area contributed by atoms with E-state index in [-0.39, 0.29) is 11.2 Å². The standard InChI is InChI=1S/C28H33N7O2S/c1-18-6-9-21(10-7-18)17-35-23-24(31(4)28(37)32(5)25(23)36)30-26(35)33-12-14-34(15-13-33)27(38)29-22-11-8-19(2)20(3)16-22/h6-11,16H,12-15,17H2,1-5H3,(H,29,38). The topological polar surface area (TPSA) is 80.3 Å². The first kappa shape index (κ1) is 25.7. The Hall–Kier alpha value is -3.92. The van der Waals surface area contributed by atoms with Crippen LogP contribution in [0, 0.1) is 20.8 Å². The minimum atomic E-state index is -0.387. The van der Waals surface area contributed by atoms with Gasteiger partial charge in [0.15, 0.2) is 16.3 Å². The summed E-state index contributed by atoms with van der Waals surface area (Å²) in [6.45, 7) is 9.49. The third-order valence-electron chi connectivity index (χ3n) is 7.40. The predicted molar refractivity (Wildman–Crippen MR) is 156 cm³/mol. The van der Waals surface area contributed by atoms with Gasteiger partial charge >= 0.3 is 5.69 Å². The van der Waals surface area contributed by atoms with Crippen LogP contribution in [-0.2, 0) is 20.6 Å². The molecule has 2 aromatic carbocycles. The van der Waals surface area contributed by atoms with Crippen LogP contribution in [0.3, 0.4) is 0 Å². The zero-order valence-corrected chi connectivity index (χ0v) is 23.3. The van der Waals surface area contributed by atoms with Gasteiger partial charge in [0.05, 0.1) is 6.54 Å². The van der Waals surface area contributed by atoms with Gasteiger partial charge < -0.3 is 15.1 Å². The molecule has 1 aliphatic heterocycles. The SMILES string of the molecule is Cc1ccc(Cn2c(N3CCN(C(=S)Nc4ccc(C)c(C)c4)CC3)nc3c2c(=O)n(C)c(=O)n3C)cc1. The molecule has 5 rings (SSSR count). The van der Waals surface area contributed by atoms with Crippen molar-refractivity contribution >= 4 is 40.1 Å². The Morgan fingerprint density at radius 2 is 1.61 bits per heavy atom. The largest absolute Gasteiger partial charge is 0.345 e. The maximum Gasteiger partial charge on any atom is 0.332 e. The third-order valence-corrected chi connectivity index (χ3v) is 7.76. The fraction of sp³-hybridized carbons (Fsp3) is 0.357. The maximum atomic E-state index is 13.3. The highest BCUT2D eigenvalue weighted by Crippen LogP contribution is 2.23. The van der Waals surface area contributed by atoms with Gasteiger partial charge in [-0.05, 0) is 61.8 Å². The second kappa shape index (κ2) is 10.1. The molecule has 0 bridgehead atoms. The summed E-state index contributed by atoms with van der Waals surface area (Å²) in [7, 11) is 3.17. The molecule has 0 saturated carbocycles. The zero-order valence-electron chi connectivity index (χ0n) is 22.5. The first-order valence-electron chi connectivity index (χ1n) is 12.7. The van der Waals surface area contributed by atoms with E-state index in [0.717, 1.165) is 15.8 Å². The molecule has 1 fully saturated rings. The predicted octanol–water partition coefficient (Wildman–Crippen LogP) is 2.93. The van der Waals surface area contributed by atoms with Gasteiger partial charge in [-0.2, -0.15) is 4.98 Å². The van der Waals surface area contributed by atoms with E-state index in [4.69, 9.17) is 17.2 Å². The number of thiocarbonyl (C=S) groups is 1. The molecule has 1 saturated heterocycles. The molecule has 9 nitrogen and oxygen atoms in total. The van der Waals surface area contributed by atoms with Crippen LogP contribution in [0.25, 0.3) is 11.2 Å². The van der Waals surface area contributed by atoms with Crippen molar-refractivity contribution in [1.29, 1.82) is 0 Å². The number of hydrogen-bond acceptors (Lipinski definition) is 5. The molecule has 4 aromatic rings. The lowest BCUT2D eigenvalue weighted by Crippen LogP contribution is -2.50. The van der Waals surface area contributed by atoms with E-state index in [1.54, 1.807) is 7.05 Å². The summed E-state index contributed by atoms with van der Waals surface area (Å²) < 4.78 is 4.54. The average molecular weight is 532 g/mol. The number of nitrogens with one attached hydrogen (secondary N) is 1. The van der Waals surface area contributed by atoms with Crippen molar-refractivity contribution in [2.24, 2.45) is 14.1 Å². The molecule has 2 aromatic heterocycles. The van der Waals surface area contributed by atoms with Gasteiger partial charge in [-0.1, -0.05) is 35.9 Å². The zero-order chi connectivity index (χ0) is 27.1. The molecule has 0 spiro atoms. The summed E-state index contributed by atoms with van der Waals surface area (Å²) in [5.74, 6) is 0.687. The van der Waals surface area contributed by atoms with Gasteiger partial charge in [0.1, 0.15) is 0 Å². The quantitative estimate of drug-likeness (QED) is 0.406. The molecule has 198 valence electrons. The summed E-state index contributed by atoms with van der Waals surface area (Å²) >= 11 is 5.72. The Morgan fingerprint density at radius 1 is 0.921 bits per heavy atom. The highest BCUT2D eigenvalue weighted by molar-refractivity contribution is 7.80. The summed E-state index contributed by atoms with van der Waals surface area (Å²) in [4.78, 5) is 35.1. The third kappa shape index (κ3) is 4.71. The number of hydrogen-bond donors (Lipinski definition) is 1. The molecule has 10 heteroatoms. The van der Waals surface area contributed by atoms with Gasteiger partial charge in [0.25, 0.3) is 5.56 Å². The van der Waals surface area contributed by atoms with E-state index in [2.05, 4.69) is 65.4 Å². The van der Waals surface area contributed by atoms with Crippen LogP contribution >= 0.6 is 12.2 Å². The lowest BCUT2D eigenvalue weighted by Gasteiger charge is -2.36. The van der Waals surface area contributed by atoms with Gasteiger partial charge in [0, 0.05) is 46.0 Å². The van der Waals surface area contributed by atoms with Crippen molar-refractivity contribution in [3.63, 3.8) is 0 Å². The Bertz CT molecular complexity index is 1640. The number of fused-ring (bicyclic) bond motifs is 1. The van der Waals surface area contributed by atoms with Crippen LogP contribution in [0.4, 0.5) is 11.6 Å². The smallest absolute Gasteiger partial charge is 0.332 e. The van der Waals surface area contributed by atoms with E-state index in [1.807, 2.05) is 17.6 Å². The number of imidazole rings is 1. The molecule has 0 radical (unpaired) electrons. The molecule has 3 heterocycles. The number of piperazine rings is 1. The number of rotatable bonds is 4. The van der Waals surface area contributed by atoms with Gasteiger partial charge in [0.2, 0.25) is 5.95 Å². The molecular formula is C28H33N7O2S. The maximum absolute atomic E-state index is 13.3. The van der Waals surface area contributed by atoms with Crippen molar-refractivity contribution in [2.75, 3.05) is 36.4 Å². The van der Waals surface area contributed by atoms with Crippen LogP contribution in [0.5, 0.6) is 0 Å². The Morgan fingerprint density at radius 3 is 2.26 bits per heavy atom. The number of benzene rings is 2. The van der Waals surface area contributed by atoms with Crippen molar-refractivity contribution in [3.8, 4) is 0 Å². The van der Waals surface area contributed by atoms with E-state index in [9.17, 15) is 9.59 Å².